The summed E-state index contributed by atoms with van der Waals surface area (Å²) in [5.41, 5.74) is 5.05. The van der Waals surface area contributed by atoms with Crippen molar-refractivity contribution in [1.29, 1.82) is 0 Å². The highest BCUT2D eigenvalue weighted by Gasteiger charge is 2.24. The molecule has 41 heavy (non-hydrogen) atoms. The SMILES string of the molecule is C=C(C)c1cc(NC(=O)c2ccc(C)c(Nc3ncnc4cnc(N5CCN(CC6CCOC6)CC5)nc34)c2)n[nH]1. The second kappa shape index (κ2) is 11.6. The summed E-state index contributed by atoms with van der Waals surface area (Å²) >= 11 is 0. The van der Waals surface area contributed by atoms with Gasteiger partial charge in [0.2, 0.25) is 5.95 Å². The lowest BCUT2D eigenvalue weighted by Crippen LogP contribution is -2.48. The molecule has 1 unspecified atom stereocenters. The molecule has 0 bridgehead atoms. The van der Waals surface area contributed by atoms with Crippen LogP contribution in [0.15, 0.2) is 43.4 Å². The number of ether oxygens (including phenoxy) is 1. The summed E-state index contributed by atoms with van der Waals surface area (Å²) in [4.78, 5) is 36.0. The van der Waals surface area contributed by atoms with Crippen molar-refractivity contribution in [2.75, 3.05) is 61.5 Å². The number of rotatable bonds is 8. The van der Waals surface area contributed by atoms with E-state index in [-0.39, 0.29) is 5.91 Å². The van der Waals surface area contributed by atoms with Gasteiger partial charge in [-0.1, -0.05) is 12.6 Å². The number of aromatic amines is 1. The van der Waals surface area contributed by atoms with Crippen LogP contribution in [0.25, 0.3) is 16.6 Å². The fourth-order valence-electron chi connectivity index (χ4n) is 5.13. The van der Waals surface area contributed by atoms with Gasteiger partial charge in [-0.25, -0.2) is 19.9 Å². The number of benzene rings is 1. The van der Waals surface area contributed by atoms with Crippen LogP contribution in [-0.4, -0.2) is 86.9 Å². The number of anilines is 4. The molecule has 6 rings (SSSR count). The number of hydrogen-bond acceptors (Lipinski definition) is 10. The molecule has 0 radical (unpaired) electrons. The predicted molar refractivity (Wildman–Crippen MR) is 158 cm³/mol. The second-order valence-corrected chi connectivity index (χ2v) is 10.7. The molecule has 12 heteroatoms. The Kier molecular flexibility index (Phi) is 7.57. The molecule has 0 saturated carbocycles. The van der Waals surface area contributed by atoms with E-state index in [2.05, 4.69) is 52.2 Å². The summed E-state index contributed by atoms with van der Waals surface area (Å²) in [7, 11) is 0. The molecule has 2 aliphatic rings. The number of amides is 1. The summed E-state index contributed by atoms with van der Waals surface area (Å²) in [6.45, 7) is 14.2. The molecule has 1 atom stereocenters. The molecular weight excluding hydrogens is 520 g/mol. The molecule has 2 aliphatic heterocycles. The lowest BCUT2D eigenvalue weighted by molar-refractivity contribution is 0.102. The van der Waals surface area contributed by atoms with Crippen molar-refractivity contribution in [1.82, 2.24) is 35.0 Å². The predicted octanol–water partition coefficient (Wildman–Crippen LogP) is 3.64. The van der Waals surface area contributed by atoms with Crippen molar-refractivity contribution in [3.8, 4) is 0 Å². The molecule has 2 saturated heterocycles. The first-order chi connectivity index (χ1) is 19.9. The third kappa shape index (κ3) is 6.03. The number of hydrogen-bond donors (Lipinski definition) is 3. The smallest absolute Gasteiger partial charge is 0.256 e. The summed E-state index contributed by atoms with van der Waals surface area (Å²) in [5.74, 6) is 2.01. The Morgan fingerprint density at radius 3 is 2.78 bits per heavy atom. The van der Waals surface area contributed by atoms with E-state index in [1.165, 1.54) is 6.33 Å². The Balaban J connectivity index is 1.18. The molecule has 2 fully saturated rings. The first-order valence-electron chi connectivity index (χ1n) is 13.9. The monoisotopic (exact) mass is 554 g/mol. The molecule has 0 aliphatic carbocycles. The highest BCUT2D eigenvalue weighted by Crippen LogP contribution is 2.27. The molecule has 3 aromatic heterocycles. The van der Waals surface area contributed by atoms with Gasteiger partial charge in [0, 0.05) is 56.6 Å². The Labute approximate surface area is 238 Å². The molecule has 4 aromatic rings. The molecule has 1 amide bonds. The number of H-pyrrole nitrogens is 1. The van der Waals surface area contributed by atoms with Crippen molar-refractivity contribution in [3.05, 3.63) is 60.2 Å². The number of carbonyl (C=O) groups excluding carboxylic acids is 1. The molecule has 0 spiro atoms. The maximum atomic E-state index is 13.0. The van der Waals surface area contributed by atoms with Crippen LogP contribution < -0.4 is 15.5 Å². The van der Waals surface area contributed by atoms with Gasteiger partial charge in [-0.05, 0) is 49.5 Å². The number of nitrogens with zero attached hydrogens (tertiary/aromatic N) is 7. The van der Waals surface area contributed by atoms with Crippen LogP contribution in [-0.2, 0) is 4.74 Å². The molecule has 212 valence electrons. The topological polar surface area (TPSA) is 137 Å². The van der Waals surface area contributed by atoms with Gasteiger partial charge in [0.1, 0.15) is 17.4 Å². The van der Waals surface area contributed by atoms with Crippen LogP contribution in [0.1, 0.15) is 35.0 Å². The summed E-state index contributed by atoms with van der Waals surface area (Å²) in [6, 6.07) is 7.21. The number of fused-ring (bicyclic) bond motifs is 1. The van der Waals surface area contributed by atoms with Crippen molar-refractivity contribution >= 4 is 45.8 Å². The van der Waals surface area contributed by atoms with Crippen molar-refractivity contribution < 1.29 is 9.53 Å². The van der Waals surface area contributed by atoms with Gasteiger partial charge in [-0.3, -0.25) is 14.8 Å². The fraction of sp³-hybridized carbons (Fsp3) is 0.379. The zero-order valence-corrected chi connectivity index (χ0v) is 23.4. The largest absolute Gasteiger partial charge is 0.381 e. The van der Waals surface area contributed by atoms with E-state index in [4.69, 9.17) is 9.72 Å². The number of aromatic nitrogens is 6. The summed E-state index contributed by atoms with van der Waals surface area (Å²) < 4.78 is 5.54. The quantitative estimate of drug-likeness (QED) is 0.296. The van der Waals surface area contributed by atoms with E-state index >= 15 is 0 Å². The van der Waals surface area contributed by atoms with Gasteiger partial charge in [0.15, 0.2) is 11.6 Å². The summed E-state index contributed by atoms with van der Waals surface area (Å²) in [6.07, 6.45) is 4.38. The maximum Gasteiger partial charge on any atom is 0.256 e. The van der Waals surface area contributed by atoms with Crippen LogP contribution in [0.3, 0.4) is 0 Å². The van der Waals surface area contributed by atoms with Gasteiger partial charge >= 0.3 is 0 Å². The van der Waals surface area contributed by atoms with E-state index in [0.29, 0.717) is 40.1 Å². The van der Waals surface area contributed by atoms with Crippen molar-refractivity contribution in [3.63, 3.8) is 0 Å². The third-order valence-electron chi connectivity index (χ3n) is 7.59. The lowest BCUT2D eigenvalue weighted by atomic mass is 10.1. The molecule has 5 heterocycles. The average molecular weight is 555 g/mol. The molecule has 3 N–H and O–H groups in total. The normalized spacial score (nSPS) is 17.6. The van der Waals surface area contributed by atoms with Crippen LogP contribution in [0.5, 0.6) is 0 Å². The number of nitrogens with one attached hydrogen (secondary N) is 3. The minimum atomic E-state index is -0.274. The number of piperazine rings is 1. The standard InChI is InChI=1S/C29H34N10O2/c1-18(2)22-13-25(37-36-22)34-28(40)21-5-4-19(3)23(12-21)33-27-26-24(31-17-32-27)14-30-29(35-26)39-9-7-38(8-10-39)15-20-6-11-41-16-20/h4-5,12-14,17,20H,1,6-11,15-16H2,2-3H3,(H,31,32,33)(H2,34,36,37,40). The van der Waals surface area contributed by atoms with Crippen LogP contribution in [0.2, 0.25) is 0 Å². The number of carbonyl (C=O) groups is 1. The van der Waals surface area contributed by atoms with Gasteiger partial charge in [0.05, 0.1) is 18.5 Å². The molecule has 12 nitrogen and oxygen atoms in total. The van der Waals surface area contributed by atoms with Gasteiger partial charge in [-0.15, -0.1) is 0 Å². The third-order valence-corrected chi connectivity index (χ3v) is 7.59. The van der Waals surface area contributed by atoms with Crippen LogP contribution in [0, 0.1) is 12.8 Å². The zero-order valence-electron chi connectivity index (χ0n) is 23.4. The van der Waals surface area contributed by atoms with Gasteiger partial charge in [0.25, 0.3) is 5.91 Å². The minimum Gasteiger partial charge on any atom is -0.381 e. The first kappa shape index (κ1) is 26.8. The average Bonchev–Trinajstić information content (AvgIpc) is 3.67. The minimum absolute atomic E-state index is 0.274. The van der Waals surface area contributed by atoms with Crippen LogP contribution >= 0.6 is 0 Å². The second-order valence-electron chi connectivity index (χ2n) is 10.7. The Morgan fingerprint density at radius 1 is 1.17 bits per heavy atom. The molecular formula is C29H34N10O2. The van der Waals surface area contributed by atoms with E-state index in [9.17, 15) is 4.79 Å². The van der Waals surface area contributed by atoms with E-state index in [1.54, 1.807) is 24.4 Å². The van der Waals surface area contributed by atoms with Crippen LogP contribution in [0.4, 0.5) is 23.3 Å². The highest BCUT2D eigenvalue weighted by molar-refractivity contribution is 6.04. The molecule has 1 aromatic carbocycles. The van der Waals surface area contributed by atoms with Gasteiger partial charge < -0.3 is 20.3 Å². The number of allylic oxidation sites excluding steroid dienone is 1. The van der Waals surface area contributed by atoms with Gasteiger partial charge in [-0.2, -0.15) is 5.10 Å². The Morgan fingerprint density at radius 2 is 2.02 bits per heavy atom. The Hall–Kier alpha value is -4.42. The Bertz CT molecular complexity index is 1570. The number of aryl methyl sites for hydroxylation is 1. The van der Waals surface area contributed by atoms with E-state index in [1.807, 2.05) is 19.9 Å². The zero-order chi connectivity index (χ0) is 28.3. The maximum absolute atomic E-state index is 13.0. The summed E-state index contributed by atoms with van der Waals surface area (Å²) in [5, 5.41) is 13.2. The van der Waals surface area contributed by atoms with Crippen molar-refractivity contribution in [2.24, 2.45) is 5.92 Å². The first-order valence-corrected chi connectivity index (χ1v) is 13.9. The fourth-order valence-corrected chi connectivity index (χ4v) is 5.13. The van der Waals surface area contributed by atoms with E-state index < -0.39 is 0 Å². The van der Waals surface area contributed by atoms with E-state index in [0.717, 1.165) is 74.9 Å². The lowest BCUT2D eigenvalue weighted by Gasteiger charge is -2.35. The highest BCUT2D eigenvalue weighted by atomic mass is 16.5. The van der Waals surface area contributed by atoms with Crippen molar-refractivity contribution in [2.45, 2.75) is 20.3 Å².